The molecule has 20 heavy (non-hydrogen) atoms. The van der Waals surface area contributed by atoms with Gasteiger partial charge in [-0.3, -0.25) is 4.90 Å². The molecule has 0 N–H and O–H groups in total. The van der Waals surface area contributed by atoms with Gasteiger partial charge in [-0.2, -0.15) is 0 Å². The highest BCUT2D eigenvalue weighted by molar-refractivity contribution is 5.14. The van der Waals surface area contributed by atoms with E-state index < -0.39 is 0 Å². The van der Waals surface area contributed by atoms with Crippen LogP contribution < -0.4 is 0 Å². The molecule has 0 aliphatic carbocycles. The van der Waals surface area contributed by atoms with Gasteiger partial charge in [0.1, 0.15) is 0 Å². The highest BCUT2D eigenvalue weighted by atomic mass is 16.5. The van der Waals surface area contributed by atoms with Gasteiger partial charge in [0.15, 0.2) is 0 Å². The van der Waals surface area contributed by atoms with E-state index in [0.29, 0.717) is 0 Å². The van der Waals surface area contributed by atoms with Crippen LogP contribution in [0.2, 0.25) is 0 Å². The summed E-state index contributed by atoms with van der Waals surface area (Å²) in [5.74, 6) is 0. The van der Waals surface area contributed by atoms with E-state index in [1.807, 2.05) is 0 Å². The molecule has 1 saturated heterocycles. The molecule has 112 valence electrons. The Morgan fingerprint density at radius 2 is 2.05 bits per heavy atom. The second-order valence-corrected chi connectivity index (χ2v) is 5.84. The Kier molecular flexibility index (Phi) is 6.51. The lowest BCUT2D eigenvalue weighted by Crippen LogP contribution is -2.35. The Morgan fingerprint density at radius 3 is 2.80 bits per heavy atom. The molecular formula is C17H28N2O. The van der Waals surface area contributed by atoms with E-state index in [1.165, 1.54) is 44.5 Å². The van der Waals surface area contributed by atoms with Gasteiger partial charge in [-0.25, -0.2) is 0 Å². The van der Waals surface area contributed by atoms with Gasteiger partial charge in [0, 0.05) is 39.4 Å². The highest BCUT2D eigenvalue weighted by Gasteiger charge is 2.25. The molecule has 3 heteroatoms. The first kappa shape index (κ1) is 15.5. The van der Waals surface area contributed by atoms with Gasteiger partial charge in [-0.1, -0.05) is 30.3 Å². The van der Waals surface area contributed by atoms with Crippen LogP contribution in [0.5, 0.6) is 0 Å². The van der Waals surface area contributed by atoms with Crippen LogP contribution in [0.3, 0.4) is 0 Å². The molecule has 1 heterocycles. The van der Waals surface area contributed by atoms with Crippen LogP contribution in [0.1, 0.15) is 24.8 Å². The summed E-state index contributed by atoms with van der Waals surface area (Å²) in [7, 11) is 4.05. The van der Waals surface area contributed by atoms with Crippen LogP contribution in [0, 0.1) is 0 Å². The number of hydrogen-bond donors (Lipinski definition) is 0. The maximum Gasteiger partial charge on any atom is 0.0462 e. The van der Waals surface area contributed by atoms with Crippen LogP contribution >= 0.6 is 0 Å². The molecule has 1 atom stereocenters. The van der Waals surface area contributed by atoms with Gasteiger partial charge in [-0.05, 0) is 38.4 Å². The highest BCUT2D eigenvalue weighted by Crippen LogP contribution is 2.17. The first-order valence-corrected chi connectivity index (χ1v) is 7.75. The minimum absolute atomic E-state index is 0.723. The van der Waals surface area contributed by atoms with Crippen molar-refractivity contribution in [2.24, 2.45) is 0 Å². The Labute approximate surface area is 123 Å². The molecule has 1 aliphatic heterocycles. The van der Waals surface area contributed by atoms with Crippen molar-refractivity contribution in [2.45, 2.75) is 31.8 Å². The van der Waals surface area contributed by atoms with E-state index >= 15 is 0 Å². The number of nitrogens with zero attached hydrogens (tertiary/aromatic N) is 2. The molecule has 0 unspecified atom stereocenters. The first-order valence-electron chi connectivity index (χ1n) is 7.75. The number of likely N-dealkylation sites (tertiary alicyclic amines) is 1. The number of ether oxygens (including phenoxy) is 1. The predicted molar refractivity (Wildman–Crippen MR) is 83.9 cm³/mol. The van der Waals surface area contributed by atoms with E-state index in [4.69, 9.17) is 4.74 Å². The second-order valence-electron chi connectivity index (χ2n) is 5.84. The minimum atomic E-state index is 0.723. The van der Waals surface area contributed by atoms with Crippen molar-refractivity contribution < 1.29 is 4.74 Å². The van der Waals surface area contributed by atoms with Crippen molar-refractivity contribution in [3.8, 4) is 0 Å². The summed E-state index contributed by atoms with van der Waals surface area (Å²) < 4.78 is 5.11. The maximum atomic E-state index is 5.11. The Bertz CT molecular complexity index is 369. The first-order chi connectivity index (χ1) is 9.79. The summed E-state index contributed by atoms with van der Waals surface area (Å²) >= 11 is 0. The van der Waals surface area contributed by atoms with Gasteiger partial charge < -0.3 is 9.64 Å². The average molecular weight is 276 g/mol. The SMILES string of the molecule is COCCCCN(C)[C@@H]1CCN(Cc2ccccc2)C1. The Morgan fingerprint density at radius 1 is 1.25 bits per heavy atom. The molecule has 0 radical (unpaired) electrons. The van der Waals surface area contributed by atoms with E-state index in [1.54, 1.807) is 7.11 Å². The third-order valence-corrected chi connectivity index (χ3v) is 4.23. The molecule has 2 rings (SSSR count). The summed E-state index contributed by atoms with van der Waals surface area (Å²) in [6.45, 7) is 5.60. The number of methoxy groups -OCH3 is 1. The summed E-state index contributed by atoms with van der Waals surface area (Å²) in [4.78, 5) is 5.10. The molecule has 0 bridgehead atoms. The molecule has 0 spiro atoms. The van der Waals surface area contributed by atoms with Crippen molar-refractivity contribution in [2.75, 3.05) is 40.4 Å². The van der Waals surface area contributed by atoms with Crippen LogP contribution in [-0.4, -0.2) is 56.2 Å². The van der Waals surface area contributed by atoms with Crippen molar-refractivity contribution in [1.82, 2.24) is 9.80 Å². The lowest BCUT2D eigenvalue weighted by Gasteiger charge is -2.24. The Hall–Kier alpha value is -0.900. The normalized spacial score (nSPS) is 19.9. The number of likely N-dealkylation sites (N-methyl/N-ethyl adjacent to an activating group) is 1. The monoisotopic (exact) mass is 276 g/mol. The van der Waals surface area contributed by atoms with Crippen molar-refractivity contribution in [3.05, 3.63) is 35.9 Å². The van der Waals surface area contributed by atoms with Crippen LogP contribution in [0.25, 0.3) is 0 Å². The van der Waals surface area contributed by atoms with Crippen molar-refractivity contribution in [1.29, 1.82) is 0 Å². The third-order valence-electron chi connectivity index (χ3n) is 4.23. The number of hydrogen-bond acceptors (Lipinski definition) is 3. The fourth-order valence-corrected chi connectivity index (χ4v) is 2.95. The largest absolute Gasteiger partial charge is 0.385 e. The zero-order valence-electron chi connectivity index (χ0n) is 12.9. The molecule has 1 fully saturated rings. The van der Waals surface area contributed by atoms with Crippen molar-refractivity contribution in [3.63, 3.8) is 0 Å². The average Bonchev–Trinajstić information content (AvgIpc) is 2.93. The van der Waals surface area contributed by atoms with Gasteiger partial charge in [0.2, 0.25) is 0 Å². The summed E-state index contributed by atoms with van der Waals surface area (Å²) in [6.07, 6.45) is 3.70. The zero-order valence-corrected chi connectivity index (χ0v) is 12.9. The number of rotatable bonds is 8. The predicted octanol–water partition coefficient (Wildman–Crippen LogP) is 2.62. The lowest BCUT2D eigenvalue weighted by molar-refractivity contribution is 0.179. The number of benzene rings is 1. The van der Waals surface area contributed by atoms with Gasteiger partial charge in [0.25, 0.3) is 0 Å². The quantitative estimate of drug-likeness (QED) is 0.679. The molecule has 0 amide bonds. The summed E-state index contributed by atoms with van der Waals surface area (Å²) in [5.41, 5.74) is 1.43. The second kappa shape index (κ2) is 8.40. The molecule has 1 aliphatic rings. The number of unbranched alkanes of at least 4 members (excludes halogenated alkanes) is 1. The topological polar surface area (TPSA) is 15.7 Å². The minimum Gasteiger partial charge on any atom is -0.385 e. The van der Waals surface area contributed by atoms with E-state index in [2.05, 4.69) is 47.2 Å². The van der Waals surface area contributed by atoms with Crippen LogP contribution in [0.15, 0.2) is 30.3 Å². The van der Waals surface area contributed by atoms with Gasteiger partial charge >= 0.3 is 0 Å². The summed E-state index contributed by atoms with van der Waals surface area (Å²) in [6, 6.07) is 11.5. The van der Waals surface area contributed by atoms with E-state index in [0.717, 1.165) is 19.2 Å². The molecule has 1 aromatic carbocycles. The fourth-order valence-electron chi connectivity index (χ4n) is 2.95. The van der Waals surface area contributed by atoms with E-state index in [9.17, 15) is 0 Å². The van der Waals surface area contributed by atoms with Gasteiger partial charge in [-0.15, -0.1) is 0 Å². The lowest BCUT2D eigenvalue weighted by atomic mass is 10.2. The zero-order chi connectivity index (χ0) is 14.2. The molecular weight excluding hydrogens is 248 g/mol. The van der Waals surface area contributed by atoms with E-state index in [-0.39, 0.29) is 0 Å². The standard InChI is InChI=1S/C17H28N2O/c1-18(11-6-7-13-20-2)17-10-12-19(15-17)14-16-8-4-3-5-9-16/h3-5,8-9,17H,6-7,10-15H2,1-2H3/t17-/m1/s1. The van der Waals surface area contributed by atoms with Crippen molar-refractivity contribution >= 4 is 0 Å². The maximum absolute atomic E-state index is 5.11. The smallest absolute Gasteiger partial charge is 0.0462 e. The van der Waals surface area contributed by atoms with Gasteiger partial charge in [0.05, 0.1) is 0 Å². The summed E-state index contributed by atoms with van der Waals surface area (Å²) in [5, 5.41) is 0. The fraction of sp³-hybridized carbons (Fsp3) is 0.647. The Balaban J connectivity index is 1.69. The molecule has 0 saturated carbocycles. The molecule has 3 nitrogen and oxygen atoms in total. The van der Waals surface area contributed by atoms with Crippen LogP contribution in [0.4, 0.5) is 0 Å². The third kappa shape index (κ3) is 4.89. The van der Waals surface area contributed by atoms with Crippen LogP contribution in [-0.2, 0) is 11.3 Å². The molecule has 1 aromatic rings. The molecule has 0 aromatic heterocycles.